The van der Waals surface area contributed by atoms with Crippen LogP contribution in [-0.4, -0.2) is 18.9 Å². The highest BCUT2D eigenvalue weighted by atomic mass is 16.5. The molecule has 0 spiro atoms. The number of methoxy groups -OCH3 is 1. The van der Waals surface area contributed by atoms with Gasteiger partial charge in [0, 0.05) is 6.42 Å². The summed E-state index contributed by atoms with van der Waals surface area (Å²) in [6.07, 6.45) is 2.85. The number of allylic oxidation sites excluding steroid dienone is 1. The molecule has 3 heteroatoms. The molecule has 0 amide bonds. The monoisotopic (exact) mass is 168 g/mol. The van der Waals surface area contributed by atoms with Crippen LogP contribution in [0.1, 0.15) is 12.8 Å². The van der Waals surface area contributed by atoms with E-state index in [-0.39, 0.29) is 11.7 Å². The first-order valence-corrected chi connectivity index (χ1v) is 3.93. The molecule has 1 aliphatic rings. The van der Waals surface area contributed by atoms with Gasteiger partial charge in [-0.25, -0.2) is 0 Å². The van der Waals surface area contributed by atoms with E-state index in [1.807, 2.05) is 0 Å². The lowest BCUT2D eigenvalue weighted by Crippen LogP contribution is -2.24. The molecule has 0 aromatic carbocycles. The molecule has 12 heavy (non-hydrogen) atoms. The van der Waals surface area contributed by atoms with E-state index in [9.17, 15) is 9.59 Å². The van der Waals surface area contributed by atoms with Gasteiger partial charge in [-0.3, -0.25) is 9.59 Å². The van der Waals surface area contributed by atoms with Crippen molar-refractivity contribution in [2.45, 2.75) is 12.8 Å². The summed E-state index contributed by atoms with van der Waals surface area (Å²) in [5, 5.41) is 0. The first kappa shape index (κ1) is 8.97. The van der Waals surface area contributed by atoms with Crippen molar-refractivity contribution >= 4 is 11.8 Å². The van der Waals surface area contributed by atoms with Gasteiger partial charge in [0.15, 0.2) is 0 Å². The predicted octanol–water partition coefficient (Wildman–Crippen LogP) is 0.941. The van der Waals surface area contributed by atoms with Crippen molar-refractivity contribution in [3.05, 3.63) is 12.7 Å². The summed E-state index contributed by atoms with van der Waals surface area (Å²) in [5.41, 5.74) is 0. The number of carbonyl (C=O) groups excluding carboxylic acids is 2. The van der Waals surface area contributed by atoms with E-state index in [0.717, 1.165) is 6.42 Å². The lowest BCUT2D eigenvalue weighted by molar-refractivity contribution is -0.149. The van der Waals surface area contributed by atoms with Crippen LogP contribution in [0.25, 0.3) is 0 Å². The van der Waals surface area contributed by atoms with E-state index in [1.54, 1.807) is 6.08 Å². The van der Waals surface area contributed by atoms with Gasteiger partial charge in [-0.05, 0) is 12.3 Å². The molecule has 1 saturated carbocycles. The smallest absolute Gasteiger partial charge is 0.316 e. The van der Waals surface area contributed by atoms with Crippen molar-refractivity contribution < 1.29 is 14.3 Å². The summed E-state index contributed by atoms with van der Waals surface area (Å²) in [4.78, 5) is 22.3. The molecule has 66 valence electrons. The number of carbonyl (C=O) groups is 2. The summed E-state index contributed by atoms with van der Waals surface area (Å²) in [6.45, 7) is 3.58. The summed E-state index contributed by atoms with van der Waals surface area (Å²) in [7, 11) is 1.30. The summed E-state index contributed by atoms with van der Waals surface area (Å²) >= 11 is 0. The van der Waals surface area contributed by atoms with E-state index in [4.69, 9.17) is 0 Å². The Morgan fingerprint density at radius 3 is 2.92 bits per heavy atom. The number of ether oxygens (including phenoxy) is 1. The van der Waals surface area contributed by atoms with Gasteiger partial charge in [0.2, 0.25) is 0 Å². The SMILES string of the molecule is C=C[C@H]1CCC(=O)C1C(=O)OC. The number of hydrogen-bond acceptors (Lipinski definition) is 3. The van der Waals surface area contributed by atoms with Gasteiger partial charge >= 0.3 is 5.97 Å². The lowest BCUT2D eigenvalue weighted by Gasteiger charge is -2.10. The minimum absolute atomic E-state index is 0.0215. The molecule has 0 aromatic rings. The summed E-state index contributed by atoms with van der Waals surface area (Å²) in [6, 6.07) is 0. The highest BCUT2D eigenvalue weighted by molar-refractivity contribution is 6.01. The Kier molecular flexibility index (Phi) is 2.63. The standard InChI is InChI=1S/C9H12O3/c1-3-6-4-5-7(10)8(6)9(11)12-2/h3,6,8H,1,4-5H2,2H3/t6-,8?/m0/s1. The van der Waals surface area contributed by atoms with Crippen molar-refractivity contribution in [1.29, 1.82) is 0 Å². The highest BCUT2D eigenvalue weighted by Gasteiger charge is 2.38. The predicted molar refractivity (Wildman–Crippen MR) is 43.4 cm³/mol. The number of hydrogen-bond donors (Lipinski definition) is 0. The summed E-state index contributed by atoms with van der Waals surface area (Å²) in [5.74, 6) is -1.06. The Morgan fingerprint density at radius 2 is 2.42 bits per heavy atom. The number of ketones is 1. The van der Waals surface area contributed by atoms with E-state index < -0.39 is 11.9 Å². The third kappa shape index (κ3) is 1.40. The molecule has 1 fully saturated rings. The zero-order valence-electron chi connectivity index (χ0n) is 7.08. The largest absolute Gasteiger partial charge is 0.468 e. The fourth-order valence-electron chi connectivity index (χ4n) is 1.56. The van der Waals surface area contributed by atoms with Crippen LogP contribution in [0.15, 0.2) is 12.7 Å². The van der Waals surface area contributed by atoms with Crippen molar-refractivity contribution in [1.82, 2.24) is 0 Å². The molecule has 0 radical (unpaired) electrons. The van der Waals surface area contributed by atoms with E-state index in [0.29, 0.717) is 6.42 Å². The normalized spacial score (nSPS) is 28.6. The van der Waals surface area contributed by atoms with Crippen LogP contribution in [0, 0.1) is 11.8 Å². The third-order valence-corrected chi connectivity index (χ3v) is 2.26. The average Bonchev–Trinajstić information content (AvgIpc) is 2.45. The van der Waals surface area contributed by atoms with Crippen LogP contribution < -0.4 is 0 Å². The van der Waals surface area contributed by atoms with E-state index >= 15 is 0 Å². The van der Waals surface area contributed by atoms with Crippen LogP contribution in [0.5, 0.6) is 0 Å². The maximum atomic E-state index is 11.2. The second kappa shape index (κ2) is 3.52. The highest BCUT2D eigenvalue weighted by Crippen LogP contribution is 2.30. The minimum Gasteiger partial charge on any atom is -0.468 e. The Balaban J connectivity index is 2.76. The Morgan fingerprint density at radius 1 is 1.75 bits per heavy atom. The Hall–Kier alpha value is -1.12. The molecule has 0 aromatic heterocycles. The van der Waals surface area contributed by atoms with Gasteiger partial charge in [-0.15, -0.1) is 6.58 Å². The molecule has 0 saturated heterocycles. The van der Waals surface area contributed by atoms with Crippen molar-refractivity contribution in [3.63, 3.8) is 0 Å². The van der Waals surface area contributed by atoms with Gasteiger partial charge in [-0.2, -0.15) is 0 Å². The molecule has 2 atom stereocenters. The van der Waals surface area contributed by atoms with Gasteiger partial charge in [0.1, 0.15) is 11.7 Å². The van der Waals surface area contributed by atoms with E-state index in [1.165, 1.54) is 7.11 Å². The van der Waals surface area contributed by atoms with Crippen LogP contribution in [-0.2, 0) is 14.3 Å². The number of Topliss-reactive ketones (excluding diaryl/α,β-unsaturated/α-hetero) is 1. The first-order chi connectivity index (χ1) is 5.70. The van der Waals surface area contributed by atoms with Gasteiger partial charge in [0.05, 0.1) is 7.11 Å². The molecule has 1 rings (SSSR count). The topological polar surface area (TPSA) is 43.4 Å². The fraction of sp³-hybridized carbons (Fsp3) is 0.556. The van der Waals surface area contributed by atoms with Gasteiger partial charge in [-0.1, -0.05) is 6.08 Å². The first-order valence-electron chi connectivity index (χ1n) is 3.93. The maximum Gasteiger partial charge on any atom is 0.316 e. The minimum atomic E-state index is -0.590. The molecule has 0 aliphatic heterocycles. The zero-order valence-corrected chi connectivity index (χ0v) is 7.08. The van der Waals surface area contributed by atoms with Crippen molar-refractivity contribution in [2.24, 2.45) is 11.8 Å². The maximum absolute atomic E-state index is 11.2. The van der Waals surface area contributed by atoms with Crippen LogP contribution in [0.3, 0.4) is 0 Å². The molecular weight excluding hydrogens is 156 g/mol. The Bertz CT molecular complexity index is 220. The van der Waals surface area contributed by atoms with Crippen LogP contribution in [0.4, 0.5) is 0 Å². The molecule has 0 N–H and O–H groups in total. The molecule has 0 bridgehead atoms. The Labute approximate surface area is 71.4 Å². The second-order valence-electron chi connectivity index (χ2n) is 2.91. The second-order valence-corrected chi connectivity index (χ2v) is 2.91. The fourth-order valence-corrected chi connectivity index (χ4v) is 1.56. The molecular formula is C9H12O3. The van der Waals surface area contributed by atoms with Crippen molar-refractivity contribution in [3.8, 4) is 0 Å². The number of esters is 1. The molecule has 1 aliphatic carbocycles. The third-order valence-electron chi connectivity index (χ3n) is 2.26. The molecule has 3 nitrogen and oxygen atoms in total. The average molecular weight is 168 g/mol. The summed E-state index contributed by atoms with van der Waals surface area (Å²) < 4.78 is 4.53. The van der Waals surface area contributed by atoms with Crippen molar-refractivity contribution in [2.75, 3.05) is 7.11 Å². The zero-order chi connectivity index (χ0) is 9.14. The van der Waals surface area contributed by atoms with E-state index in [2.05, 4.69) is 11.3 Å². The van der Waals surface area contributed by atoms with Gasteiger partial charge in [0.25, 0.3) is 0 Å². The molecule has 1 unspecified atom stereocenters. The quantitative estimate of drug-likeness (QED) is 0.350. The van der Waals surface area contributed by atoms with Crippen LogP contribution >= 0.6 is 0 Å². The lowest BCUT2D eigenvalue weighted by atomic mass is 9.96. The number of rotatable bonds is 2. The van der Waals surface area contributed by atoms with Crippen LogP contribution in [0.2, 0.25) is 0 Å². The molecule has 0 heterocycles. The van der Waals surface area contributed by atoms with Gasteiger partial charge < -0.3 is 4.74 Å².